The van der Waals surface area contributed by atoms with E-state index in [9.17, 15) is 4.79 Å². The van der Waals surface area contributed by atoms with Crippen molar-refractivity contribution in [3.05, 3.63) is 51.2 Å². The summed E-state index contributed by atoms with van der Waals surface area (Å²) in [5.41, 5.74) is 5.79. The Labute approximate surface area is 128 Å². The van der Waals surface area contributed by atoms with Gasteiger partial charge in [0.2, 0.25) is 0 Å². The van der Waals surface area contributed by atoms with Gasteiger partial charge in [-0.2, -0.15) is 5.10 Å². The summed E-state index contributed by atoms with van der Waals surface area (Å²) in [4.78, 5) is 12.7. The van der Waals surface area contributed by atoms with Crippen LogP contribution in [0.2, 0.25) is 0 Å². The number of nitrogens with zero attached hydrogens (tertiary/aromatic N) is 1. The van der Waals surface area contributed by atoms with E-state index in [0.29, 0.717) is 0 Å². The fraction of sp³-hybridized carbons (Fsp3) is 0.250. The normalized spacial score (nSPS) is 10.8. The highest BCUT2D eigenvalue weighted by molar-refractivity contribution is 7.11. The molecule has 0 bridgehead atoms. The van der Waals surface area contributed by atoms with E-state index < -0.39 is 0 Å². The van der Waals surface area contributed by atoms with Crippen LogP contribution in [-0.4, -0.2) is 18.7 Å². The maximum atomic E-state index is 11.7. The lowest BCUT2D eigenvalue weighted by atomic mass is 10.1. The fourth-order valence-corrected chi connectivity index (χ4v) is 2.52. The summed E-state index contributed by atoms with van der Waals surface area (Å²) in [6, 6.07) is 7.79. The van der Waals surface area contributed by atoms with E-state index in [-0.39, 0.29) is 12.5 Å². The number of ether oxygens (including phenoxy) is 1. The van der Waals surface area contributed by atoms with Crippen LogP contribution in [0.15, 0.2) is 34.7 Å². The molecule has 1 N–H and O–H groups in total. The van der Waals surface area contributed by atoms with Crippen molar-refractivity contribution in [2.24, 2.45) is 5.10 Å². The van der Waals surface area contributed by atoms with Crippen molar-refractivity contribution < 1.29 is 9.53 Å². The lowest BCUT2D eigenvalue weighted by Crippen LogP contribution is -2.24. The third kappa shape index (κ3) is 4.16. The SMILES string of the molecule is Cc1ccsc1C=NNC(=O)COc1cccc(C)c1C. The zero-order valence-electron chi connectivity index (χ0n) is 12.3. The molecule has 5 heteroatoms. The molecule has 0 spiro atoms. The van der Waals surface area contributed by atoms with Crippen molar-refractivity contribution in [2.75, 3.05) is 6.61 Å². The van der Waals surface area contributed by atoms with Gasteiger partial charge in [-0.3, -0.25) is 4.79 Å². The largest absolute Gasteiger partial charge is 0.483 e. The molecule has 0 saturated carbocycles. The molecular weight excluding hydrogens is 284 g/mol. The third-order valence-corrected chi connectivity index (χ3v) is 4.14. The summed E-state index contributed by atoms with van der Waals surface area (Å²) in [7, 11) is 0. The van der Waals surface area contributed by atoms with Crippen LogP contribution in [0.4, 0.5) is 0 Å². The highest BCUT2D eigenvalue weighted by Gasteiger charge is 2.05. The van der Waals surface area contributed by atoms with E-state index in [1.165, 1.54) is 0 Å². The zero-order chi connectivity index (χ0) is 15.2. The molecule has 0 radical (unpaired) electrons. The van der Waals surface area contributed by atoms with E-state index in [2.05, 4.69) is 10.5 Å². The van der Waals surface area contributed by atoms with Crippen LogP contribution in [0.1, 0.15) is 21.6 Å². The Balaban J connectivity index is 1.84. The second-order valence-corrected chi connectivity index (χ2v) is 5.70. The number of thiophene rings is 1. The van der Waals surface area contributed by atoms with Gasteiger partial charge < -0.3 is 4.74 Å². The Bertz CT molecular complexity index is 662. The number of hydrogen-bond acceptors (Lipinski definition) is 4. The second-order valence-electron chi connectivity index (χ2n) is 4.75. The fourth-order valence-electron chi connectivity index (χ4n) is 1.74. The van der Waals surface area contributed by atoms with Gasteiger partial charge in [-0.05, 0) is 55.0 Å². The smallest absolute Gasteiger partial charge is 0.277 e. The first kappa shape index (κ1) is 15.3. The van der Waals surface area contributed by atoms with Crippen LogP contribution < -0.4 is 10.2 Å². The second kappa shape index (κ2) is 7.04. The quantitative estimate of drug-likeness (QED) is 0.681. The van der Waals surface area contributed by atoms with Gasteiger partial charge in [0.25, 0.3) is 5.91 Å². The summed E-state index contributed by atoms with van der Waals surface area (Å²) in [6.45, 7) is 5.94. The van der Waals surface area contributed by atoms with Crippen molar-refractivity contribution in [1.82, 2.24) is 5.43 Å². The topological polar surface area (TPSA) is 50.7 Å². The maximum absolute atomic E-state index is 11.7. The van der Waals surface area contributed by atoms with E-state index in [0.717, 1.165) is 27.3 Å². The van der Waals surface area contributed by atoms with E-state index >= 15 is 0 Å². The molecule has 2 aromatic rings. The van der Waals surface area contributed by atoms with Crippen LogP contribution in [0.3, 0.4) is 0 Å². The Morgan fingerprint density at radius 1 is 1.29 bits per heavy atom. The first-order valence-electron chi connectivity index (χ1n) is 6.63. The van der Waals surface area contributed by atoms with Gasteiger partial charge in [0.1, 0.15) is 5.75 Å². The molecule has 0 unspecified atom stereocenters. The number of rotatable bonds is 5. The van der Waals surface area contributed by atoms with Gasteiger partial charge >= 0.3 is 0 Å². The Hall–Kier alpha value is -2.14. The molecule has 2 rings (SSSR count). The summed E-state index contributed by atoms with van der Waals surface area (Å²) >= 11 is 1.58. The summed E-state index contributed by atoms with van der Waals surface area (Å²) in [5.74, 6) is 0.449. The Morgan fingerprint density at radius 2 is 2.10 bits per heavy atom. The van der Waals surface area contributed by atoms with Crippen molar-refractivity contribution in [3.8, 4) is 5.75 Å². The van der Waals surface area contributed by atoms with Gasteiger partial charge in [-0.1, -0.05) is 12.1 Å². The van der Waals surface area contributed by atoms with Crippen LogP contribution in [0.25, 0.3) is 0 Å². The van der Waals surface area contributed by atoms with Gasteiger partial charge in [0, 0.05) is 4.88 Å². The molecule has 4 nitrogen and oxygen atoms in total. The van der Waals surface area contributed by atoms with Crippen LogP contribution in [-0.2, 0) is 4.79 Å². The highest BCUT2D eigenvalue weighted by Crippen LogP contribution is 2.20. The number of amides is 1. The van der Waals surface area contributed by atoms with E-state index in [1.54, 1.807) is 17.6 Å². The lowest BCUT2D eigenvalue weighted by molar-refractivity contribution is -0.123. The number of nitrogens with one attached hydrogen (secondary N) is 1. The predicted molar refractivity (Wildman–Crippen MR) is 86.2 cm³/mol. The number of carbonyl (C=O) groups is 1. The van der Waals surface area contributed by atoms with Gasteiger partial charge in [-0.15, -0.1) is 11.3 Å². The van der Waals surface area contributed by atoms with Crippen molar-refractivity contribution in [3.63, 3.8) is 0 Å². The maximum Gasteiger partial charge on any atom is 0.277 e. The number of hydrazone groups is 1. The summed E-state index contributed by atoms with van der Waals surface area (Å²) in [6.07, 6.45) is 1.65. The van der Waals surface area contributed by atoms with Gasteiger partial charge in [-0.25, -0.2) is 5.43 Å². The first-order chi connectivity index (χ1) is 10.1. The molecule has 1 aromatic heterocycles. The lowest BCUT2D eigenvalue weighted by Gasteiger charge is -2.09. The molecule has 0 aliphatic heterocycles. The molecule has 0 fully saturated rings. The molecule has 1 aromatic carbocycles. The molecular formula is C16H18N2O2S. The highest BCUT2D eigenvalue weighted by atomic mass is 32.1. The van der Waals surface area contributed by atoms with Crippen LogP contribution in [0.5, 0.6) is 5.75 Å². The molecule has 21 heavy (non-hydrogen) atoms. The molecule has 0 aliphatic carbocycles. The summed E-state index contributed by atoms with van der Waals surface area (Å²) in [5, 5.41) is 5.92. The van der Waals surface area contributed by atoms with Gasteiger partial charge in [0.05, 0.1) is 6.21 Å². The molecule has 110 valence electrons. The van der Waals surface area contributed by atoms with Crippen molar-refractivity contribution >= 4 is 23.5 Å². The van der Waals surface area contributed by atoms with Crippen LogP contribution in [0, 0.1) is 20.8 Å². The molecule has 0 aliphatic rings. The number of hydrogen-bond donors (Lipinski definition) is 1. The molecule has 1 amide bonds. The Morgan fingerprint density at radius 3 is 2.81 bits per heavy atom. The zero-order valence-corrected chi connectivity index (χ0v) is 13.2. The minimum Gasteiger partial charge on any atom is -0.483 e. The standard InChI is InChI=1S/C16H18N2O2S/c1-11-5-4-6-14(13(11)3)20-10-16(19)18-17-9-15-12(2)7-8-21-15/h4-9H,10H2,1-3H3,(H,18,19). The first-order valence-corrected chi connectivity index (χ1v) is 7.51. The minimum atomic E-state index is -0.277. The summed E-state index contributed by atoms with van der Waals surface area (Å²) < 4.78 is 5.51. The van der Waals surface area contributed by atoms with E-state index in [4.69, 9.17) is 4.74 Å². The average molecular weight is 302 g/mol. The monoisotopic (exact) mass is 302 g/mol. The number of aryl methyl sites for hydroxylation is 2. The predicted octanol–water partition coefficient (Wildman–Crippen LogP) is 3.20. The Kier molecular flexibility index (Phi) is 5.11. The molecule has 0 saturated heterocycles. The van der Waals surface area contributed by atoms with Gasteiger partial charge in [0.15, 0.2) is 6.61 Å². The average Bonchev–Trinajstić information content (AvgIpc) is 2.86. The minimum absolute atomic E-state index is 0.0505. The van der Waals surface area contributed by atoms with Crippen molar-refractivity contribution in [2.45, 2.75) is 20.8 Å². The van der Waals surface area contributed by atoms with Crippen LogP contribution >= 0.6 is 11.3 Å². The molecule has 0 atom stereocenters. The molecule has 1 heterocycles. The number of carbonyl (C=O) groups excluding carboxylic acids is 1. The van der Waals surface area contributed by atoms with Crippen molar-refractivity contribution in [1.29, 1.82) is 0 Å². The third-order valence-electron chi connectivity index (χ3n) is 3.19. The number of benzene rings is 1. The van der Waals surface area contributed by atoms with E-state index in [1.807, 2.05) is 50.4 Å².